The number of hydrogen-bond donors (Lipinski definition) is 2. The molecule has 0 unspecified atom stereocenters. The average molecular weight is 386 g/mol. The van der Waals surface area contributed by atoms with Gasteiger partial charge in [-0.15, -0.1) is 0 Å². The van der Waals surface area contributed by atoms with Gasteiger partial charge >= 0.3 is 0 Å². The maximum Gasteiger partial charge on any atom is 0.253 e. The lowest BCUT2D eigenvalue weighted by atomic mass is 10.1. The number of carbonyl (C=O) groups is 1. The molecular weight excluding hydrogens is 356 g/mol. The van der Waals surface area contributed by atoms with Gasteiger partial charge in [0.2, 0.25) is 0 Å². The van der Waals surface area contributed by atoms with Crippen LogP contribution in [0.4, 0.5) is 0 Å². The number of nitrogens with one attached hydrogen (secondary N) is 2. The van der Waals surface area contributed by atoms with Crippen LogP contribution < -0.4 is 10.6 Å². The van der Waals surface area contributed by atoms with Crippen molar-refractivity contribution < 1.29 is 13.9 Å². The van der Waals surface area contributed by atoms with E-state index in [1.807, 2.05) is 36.4 Å². The molecule has 0 spiro atoms. The highest BCUT2D eigenvalue weighted by atomic mass is 16.5. The van der Waals surface area contributed by atoms with Gasteiger partial charge in [-0.3, -0.25) is 9.79 Å². The summed E-state index contributed by atoms with van der Waals surface area (Å²) in [5, 5.41) is 6.56. The number of ether oxygens (including phenoxy) is 1. The van der Waals surface area contributed by atoms with E-state index in [-0.39, 0.29) is 5.91 Å². The van der Waals surface area contributed by atoms with Crippen LogP contribution in [-0.2, 0) is 17.8 Å². The fourth-order valence-corrected chi connectivity index (χ4v) is 2.61. The fraction of sp³-hybridized carbons (Fsp3) is 0.429. The molecule has 0 atom stereocenters. The Morgan fingerprint density at radius 3 is 2.71 bits per heavy atom. The molecule has 0 aliphatic rings. The molecule has 0 aliphatic heterocycles. The molecular formula is C21H30N4O3. The van der Waals surface area contributed by atoms with E-state index in [0.717, 1.165) is 43.2 Å². The number of aliphatic imine (C=N–C) groups is 1. The van der Waals surface area contributed by atoms with Crippen molar-refractivity contribution in [3.8, 4) is 0 Å². The van der Waals surface area contributed by atoms with Gasteiger partial charge in [-0.1, -0.05) is 12.1 Å². The lowest BCUT2D eigenvalue weighted by Gasteiger charge is -2.13. The predicted molar refractivity (Wildman–Crippen MR) is 111 cm³/mol. The van der Waals surface area contributed by atoms with Gasteiger partial charge < -0.3 is 24.7 Å². The largest absolute Gasteiger partial charge is 0.467 e. The first-order valence-corrected chi connectivity index (χ1v) is 9.45. The summed E-state index contributed by atoms with van der Waals surface area (Å²) < 4.78 is 10.8. The molecule has 0 saturated carbocycles. The summed E-state index contributed by atoms with van der Waals surface area (Å²) in [6.45, 7) is 2.64. The Labute approximate surface area is 166 Å². The minimum atomic E-state index is 0.0153. The van der Waals surface area contributed by atoms with E-state index in [1.165, 1.54) is 0 Å². The Morgan fingerprint density at radius 1 is 1.18 bits per heavy atom. The molecule has 2 aromatic rings. The first-order chi connectivity index (χ1) is 13.6. The third-order valence-electron chi connectivity index (χ3n) is 4.09. The number of hydrogen-bond acceptors (Lipinski definition) is 4. The third kappa shape index (κ3) is 7.44. The Bertz CT molecular complexity index is 742. The quantitative estimate of drug-likeness (QED) is 0.372. The number of guanidine groups is 1. The molecule has 1 heterocycles. The monoisotopic (exact) mass is 386 g/mol. The molecule has 7 nitrogen and oxygen atoms in total. The minimum absolute atomic E-state index is 0.0153. The summed E-state index contributed by atoms with van der Waals surface area (Å²) in [6, 6.07) is 11.5. The van der Waals surface area contributed by atoms with Crippen molar-refractivity contribution in [2.75, 3.05) is 40.8 Å². The zero-order valence-corrected chi connectivity index (χ0v) is 16.9. The van der Waals surface area contributed by atoms with E-state index in [1.54, 1.807) is 32.3 Å². The molecule has 1 amide bonds. The van der Waals surface area contributed by atoms with Crippen LogP contribution in [0.3, 0.4) is 0 Å². The van der Waals surface area contributed by atoms with Crippen LogP contribution >= 0.6 is 0 Å². The molecule has 2 N–H and O–H groups in total. The molecule has 0 fully saturated rings. The van der Waals surface area contributed by atoms with Crippen molar-refractivity contribution in [1.29, 1.82) is 0 Å². The summed E-state index contributed by atoms with van der Waals surface area (Å²) in [7, 11) is 5.27. The zero-order valence-electron chi connectivity index (χ0n) is 16.9. The van der Waals surface area contributed by atoms with Gasteiger partial charge in [0.05, 0.1) is 6.26 Å². The van der Waals surface area contributed by atoms with E-state index in [2.05, 4.69) is 15.6 Å². The standard InChI is InChI=1S/C21H30N4O3/c1-22-21(23-11-6-13-27-16-19-9-5-14-28-19)24-12-10-17-7-4-8-18(15-17)20(26)25(2)3/h4-5,7-9,14-15H,6,10-13,16H2,1-3H3,(H2,22,23,24). The van der Waals surface area contributed by atoms with E-state index in [4.69, 9.17) is 9.15 Å². The number of furan rings is 1. The highest BCUT2D eigenvalue weighted by Crippen LogP contribution is 2.07. The van der Waals surface area contributed by atoms with Gasteiger partial charge in [0.15, 0.2) is 5.96 Å². The van der Waals surface area contributed by atoms with E-state index in [9.17, 15) is 4.79 Å². The molecule has 28 heavy (non-hydrogen) atoms. The first kappa shape index (κ1) is 21.5. The van der Waals surface area contributed by atoms with Crippen molar-refractivity contribution in [3.63, 3.8) is 0 Å². The van der Waals surface area contributed by atoms with Gasteiger partial charge in [-0.05, 0) is 42.7 Å². The van der Waals surface area contributed by atoms with Crippen molar-refractivity contribution >= 4 is 11.9 Å². The Hall–Kier alpha value is -2.80. The number of carbonyl (C=O) groups excluding carboxylic acids is 1. The highest BCUT2D eigenvalue weighted by Gasteiger charge is 2.08. The fourth-order valence-electron chi connectivity index (χ4n) is 2.61. The lowest BCUT2D eigenvalue weighted by Crippen LogP contribution is -2.39. The van der Waals surface area contributed by atoms with Crippen LogP contribution in [0.25, 0.3) is 0 Å². The average Bonchev–Trinajstić information content (AvgIpc) is 3.22. The third-order valence-corrected chi connectivity index (χ3v) is 4.09. The van der Waals surface area contributed by atoms with Gasteiger partial charge in [-0.2, -0.15) is 0 Å². The molecule has 1 aromatic heterocycles. The number of benzene rings is 1. The smallest absolute Gasteiger partial charge is 0.253 e. The summed E-state index contributed by atoms with van der Waals surface area (Å²) in [4.78, 5) is 17.9. The van der Waals surface area contributed by atoms with Crippen molar-refractivity contribution in [2.45, 2.75) is 19.4 Å². The SMILES string of the molecule is CN=C(NCCCOCc1ccco1)NCCc1cccc(C(=O)N(C)C)c1. The van der Waals surface area contributed by atoms with Crippen LogP contribution in [0.5, 0.6) is 0 Å². The summed E-state index contributed by atoms with van der Waals surface area (Å²) in [6.07, 6.45) is 3.32. The number of rotatable bonds is 10. The van der Waals surface area contributed by atoms with Crippen molar-refractivity contribution in [3.05, 3.63) is 59.5 Å². The van der Waals surface area contributed by atoms with Crippen molar-refractivity contribution in [2.24, 2.45) is 4.99 Å². The van der Waals surface area contributed by atoms with E-state index >= 15 is 0 Å². The van der Waals surface area contributed by atoms with Gasteiger partial charge in [0.25, 0.3) is 5.91 Å². The summed E-state index contributed by atoms with van der Waals surface area (Å²) >= 11 is 0. The van der Waals surface area contributed by atoms with Gasteiger partial charge in [-0.25, -0.2) is 0 Å². The Kier molecular flexibility index (Phi) is 9.07. The normalized spacial score (nSPS) is 11.3. The zero-order chi connectivity index (χ0) is 20.2. The molecule has 0 radical (unpaired) electrons. The Balaban J connectivity index is 1.63. The second-order valence-corrected chi connectivity index (χ2v) is 6.56. The van der Waals surface area contributed by atoms with Crippen LogP contribution in [0, 0.1) is 0 Å². The Morgan fingerprint density at radius 2 is 2.00 bits per heavy atom. The van der Waals surface area contributed by atoms with Crippen molar-refractivity contribution in [1.82, 2.24) is 15.5 Å². The first-order valence-electron chi connectivity index (χ1n) is 9.45. The molecule has 152 valence electrons. The van der Waals surface area contributed by atoms with Gasteiger partial charge in [0, 0.05) is 46.4 Å². The predicted octanol–water partition coefficient (Wildman–Crippen LogP) is 2.30. The van der Waals surface area contributed by atoms with Crippen LogP contribution in [0.15, 0.2) is 52.1 Å². The maximum absolute atomic E-state index is 12.1. The van der Waals surface area contributed by atoms with Crippen LogP contribution in [0.1, 0.15) is 28.1 Å². The van der Waals surface area contributed by atoms with Crippen LogP contribution in [0.2, 0.25) is 0 Å². The number of amides is 1. The summed E-state index contributed by atoms with van der Waals surface area (Å²) in [5.74, 6) is 1.61. The molecule has 0 bridgehead atoms. The summed E-state index contributed by atoms with van der Waals surface area (Å²) in [5.41, 5.74) is 1.82. The topological polar surface area (TPSA) is 79.1 Å². The van der Waals surface area contributed by atoms with E-state index < -0.39 is 0 Å². The molecule has 2 rings (SSSR count). The molecule has 0 saturated heterocycles. The maximum atomic E-state index is 12.1. The lowest BCUT2D eigenvalue weighted by molar-refractivity contribution is 0.0827. The highest BCUT2D eigenvalue weighted by molar-refractivity contribution is 5.94. The van der Waals surface area contributed by atoms with Crippen LogP contribution in [-0.4, -0.2) is 57.6 Å². The second kappa shape index (κ2) is 11.8. The molecule has 0 aliphatic carbocycles. The molecule has 7 heteroatoms. The number of nitrogens with zero attached hydrogens (tertiary/aromatic N) is 2. The van der Waals surface area contributed by atoms with Gasteiger partial charge in [0.1, 0.15) is 12.4 Å². The van der Waals surface area contributed by atoms with E-state index in [0.29, 0.717) is 18.8 Å². The molecule has 1 aromatic carbocycles. The second-order valence-electron chi connectivity index (χ2n) is 6.56. The minimum Gasteiger partial charge on any atom is -0.467 e.